The van der Waals surface area contributed by atoms with Gasteiger partial charge in [-0.3, -0.25) is 4.90 Å². The summed E-state index contributed by atoms with van der Waals surface area (Å²) in [6.45, 7) is 10.7. The summed E-state index contributed by atoms with van der Waals surface area (Å²) in [7, 11) is 0. The minimum Gasteiger partial charge on any atom is -0.387 e. The summed E-state index contributed by atoms with van der Waals surface area (Å²) < 4.78 is 0. The third kappa shape index (κ3) is 4.11. The first-order valence-electron chi connectivity index (χ1n) is 7.08. The molecule has 18 heavy (non-hydrogen) atoms. The molecule has 0 saturated heterocycles. The lowest BCUT2D eigenvalue weighted by atomic mass is 10.0. The molecular weight excluding hydrogens is 222 g/mol. The SMILES string of the molecule is CCCN(CCC)C(C)C(O)c1ccc(C)cc1. The zero-order chi connectivity index (χ0) is 13.5. The maximum atomic E-state index is 10.5. The molecule has 0 spiro atoms. The topological polar surface area (TPSA) is 23.5 Å². The molecule has 1 rings (SSSR count). The van der Waals surface area contributed by atoms with Crippen molar-refractivity contribution in [3.05, 3.63) is 35.4 Å². The van der Waals surface area contributed by atoms with E-state index in [-0.39, 0.29) is 6.04 Å². The van der Waals surface area contributed by atoms with Crippen LogP contribution in [-0.4, -0.2) is 29.1 Å². The van der Waals surface area contributed by atoms with E-state index >= 15 is 0 Å². The number of hydrogen-bond donors (Lipinski definition) is 1. The fourth-order valence-electron chi connectivity index (χ4n) is 2.34. The second kappa shape index (κ2) is 7.55. The molecule has 2 nitrogen and oxygen atoms in total. The summed E-state index contributed by atoms with van der Waals surface area (Å²) in [5.74, 6) is 0. The van der Waals surface area contributed by atoms with Crippen LogP contribution in [0.1, 0.15) is 50.8 Å². The highest BCUT2D eigenvalue weighted by Gasteiger charge is 2.21. The molecule has 1 aromatic carbocycles. The van der Waals surface area contributed by atoms with Crippen molar-refractivity contribution in [1.82, 2.24) is 4.90 Å². The summed E-state index contributed by atoms with van der Waals surface area (Å²) in [6, 6.07) is 8.37. The largest absolute Gasteiger partial charge is 0.387 e. The number of hydrogen-bond acceptors (Lipinski definition) is 2. The third-order valence-electron chi connectivity index (χ3n) is 3.47. The molecule has 1 aromatic rings. The van der Waals surface area contributed by atoms with Crippen LogP contribution in [0.15, 0.2) is 24.3 Å². The molecule has 0 heterocycles. The average molecular weight is 249 g/mol. The van der Waals surface area contributed by atoms with E-state index in [1.165, 1.54) is 5.56 Å². The summed E-state index contributed by atoms with van der Waals surface area (Å²) >= 11 is 0. The van der Waals surface area contributed by atoms with E-state index in [1.54, 1.807) is 0 Å². The molecular formula is C16H27NO. The zero-order valence-electron chi connectivity index (χ0n) is 12.2. The van der Waals surface area contributed by atoms with Gasteiger partial charge in [-0.15, -0.1) is 0 Å². The Hall–Kier alpha value is -0.860. The van der Waals surface area contributed by atoms with Gasteiger partial charge in [-0.05, 0) is 45.3 Å². The lowest BCUT2D eigenvalue weighted by molar-refractivity contribution is 0.0576. The first-order valence-corrected chi connectivity index (χ1v) is 7.08. The molecule has 102 valence electrons. The lowest BCUT2D eigenvalue weighted by Gasteiger charge is -2.32. The fraction of sp³-hybridized carbons (Fsp3) is 0.625. The molecule has 2 heteroatoms. The highest BCUT2D eigenvalue weighted by molar-refractivity contribution is 5.23. The zero-order valence-corrected chi connectivity index (χ0v) is 12.2. The van der Waals surface area contributed by atoms with E-state index < -0.39 is 6.10 Å². The van der Waals surface area contributed by atoms with Gasteiger partial charge in [0.2, 0.25) is 0 Å². The molecule has 0 aliphatic carbocycles. The van der Waals surface area contributed by atoms with E-state index in [0.717, 1.165) is 31.5 Å². The van der Waals surface area contributed by atoms with Crippen LogP contribution in [0.4, 0.5) is 0 Å². The predicted octanol–water partition coefficient (Wildman–Crippen LogP) is 3.54. The van der Waals surface area contributed by atoms with Crippen molar-refractivity contribution in [2.45, 2.75) is 52.7 Å². The Bertz CT molecular complexity index is 327. The Labute approximate surface area is 112 Å². The second-order valence-corrected chi connectivity index (χ2v) is 5.13. The van der Waals surface area contributed by atoms with Gasteiger partial charge >= 0.3 is 0 Å². The van der Waals surface area contributed by atoms with Gasteiger partial charge in [0.05, 0.1) is 6.10 Å². The summed E-state index contributed by atoms with van der Waals surface area (Å²) in [5.41, 5.74) is 2.25. The molecule has 0 radical (unpaired) electrons. The molecule has 0 aliphatic heterocycles. The maximum absolute atomic E-state index is 10.5. The van der Waals surface area contributed by atoms with Gasteiger partial charge in [0.15, 0.2) is 0 Å². The molecule has 0 fully saturated rings. The van der Waals surface area contributed by atoms with Crippen LogP contribution in [0.25, 0.3) is 0 Å². The summed E-state index contributed by atoms with van der Waals surface area (Å²) in [4.78, 5) is 2.38. The van der Waals surface area contributed by atoms with Crippen molar-refractivity contribution in [1.29, 1.82) is 0 Å². The van der Waals surface area contributed by atoms with Gasteiger partial charge in [0, 0.05) is 6.04 Å². The van der Waals surface area contributed by atoms with E-state index in [0.29, 0.717) is 0 Å². The van der Waals surface area contributed by atoms with Gasteiger partial charge < -0.3 is 5.11 Å². The standard InChI is InChI=1S/C16H27NO/c1-5-11-17(12-6-2)14(4)16(18)15-9-7-13(3)8-10-15/h7-10,14,16,18H,5-6,11-12H2,1-4H3. The van der Waals surface area contributed by atoms with Crippen molar-refractivity contribution in [3.8, 4) is 0 Å². The van der Waals surface area contributed by atoms with Gasteiger partial charge in [0.25, 0.3) is 0 Å². The molecule has 2 atom stereocenters. The molecule has 0 aliphatic rings. The molecule has 0 aromatic heterocycles. The van der Waals surface area contributed by atoms with Crippen LogP contribution in [0.5, 0.6) is 0 Å². The van der Waals surface area contributed by atoms with Gasteiger partial charge in [-0.25, -0.2) is 0 Å². The van der Waals surface area contributed by atoms with E-state index in [9.17, 15) is 5.11 Å². The summed E-state index contributed by atoms with van der Waals surface area (Å²) in [5, 5.41) is 10.5. The minimum absolute atomic E-state index is 0.174. The van der Waals surface area contributed by atoms with Crippen molar-refractivity contribution in [2.75, 3.05) is 13.1 Å². The Morgan fingerprint density at radius 2 is 1.56 bits per heavy atom. The van der Waals surface area contributed by atoms with Crippen LogP contribution >= 0.6 is 0 Å². The monoisotopic (exact) mass is 249 g/mol. The molecule has 2 unspecified atom stereocenters. The van der Waals surface area contributed by atoms with Crippen molar-refractivity contribution in [3.63, 3.8) is 0 Å². The molecule has 0 amide bonds. The third-order valence-corrected chi connectivity index (χ3v) is 3.47. The predicted molar refractivity (Wildman–Crippen MR) is 77.8 cm³/mol. The smallest absolute Gasteiger partial charge is 0.0942 e. The van der Waals surface area contributed by atoms with E-state index in [2.05, 4.69) is 44.7 Å². The number of nitrogens with zero attached hydrogens (tertiary/aromatic N) is 1. The van der Waals surface area contributed by atoms with Crippen LogP contribution in [-0.2, 0) is 0 Å². The Kier molecular flexibility index (Phi) is 6.37. The van der Waals surface area contributed by atoms with Crippen molar-refractivity contribution in [2.24, 2.45) is 0 Å². The van der Waals surface area contributed by atoms with Crippen LogP contribution in [0.2, 0.25) is 0 Å². The second-order valence-electron chi connectivity index (χ2n) is 5.13. The Morgan fingerprint density at radius 3 is 2.00 bits per heavy atom. The van der Waals surface area contributed by atoms with Crippen molar-refractivity contribution >= 4 is 0 Å². The number of aryl methyl sites for hydroxylation is 1. The van der Waals surface area contributed by atoms with Crippen molar-refractivity contribution < 1.29 is 5.11 Å². The number of aliphatic hydroxyl groups excluding tert-OH is 1. The van der Waals surface area contributed by atoms with Gasteiger partial charge in [-0.1, -0.05) is 43.7 Å². The van der Waals surface area contributed by atoms with E-state index in [4.69, 9.17) is 0 Å². The van der Waals surface area contributed by atoms with Gasteiger partial charge in [-0.2, -0.15) is 0 Å². The summed E-state index contributed by atoms with van der Waals surface area (Å²) in [6.07, 6.45) is 1.86. The number of aliphatic hydroxyl groups is 1. The minimum atomic E-state index is -0.399. The normalized spacial score (nSPS) is 14.8. The molecule has 0 saturated carbocycles. The average Bonchev–Trinajstić information content (AvgIpc) is 2.38. The Balaban J connectivity index is 2.73. The lowest BCUT2D eigenvalue weighted by Crippen LogP contribution is -2.38. The van der Waals surface area contributed by atoms with Crippen LogP contribution < -0.4 is 0 Å². The highest BCUT2D eigenvalue weighted by atomic mass is 16.3. The van der Waals surface area contributed by atoms with Crippen LogP contribution in [0, 0.1) is 6.92 Å². The van der Waals surface area contributed by atoms with E-state index in [1.807, 2.05) is 12.1 Å². The molecule has 1 N–H and O–H groups in total. The number of rotatable bonds is 7. The first-order chi connectivity index (χ1) is 8.60. The quantitative estimate of drug-likeness (QED) is 0.799. The van der Waals surface area contributed by atoms with Gasteiger partial charge in [0.1, 0.15) is 0 Å². The van der Waals surface area contributed by atoms with Crippen LogP contribution in [0.3, 0.4) is 0 Å². The maximum Gasteiger partial charge on any atom is 0.0942 e. The first kappa shape index (κ1) is 15.2. The highest BCUT2D eigenvalue weighted by Crippen LogP contribution is 2.21. The molecule has 0 bridgehead atoms. The fourth-order valence-corrected chi connectivity index (χ4v) is 2.34. The number of benzene rings is 1. The Morgan fingerprint density at radius 1 is 1.06 bits per heavy atom.